The van der Waals surface area contributed by atoms with Gasteiger partial charge in [-0.05, 0) is 37.3 Å². The van der Waals surface area contributed by atoms with E-state index < -0.39 is 0 Å². The monoisotopic (exact) mass is 215 g/mol. The van der Waals surface area contributed by atoms with E-state index in [1.54, 1.807) is 6.20 Å². The third-order valence-corrected chi connectivity index (χ3v) is 3.33. The van der Waals surface area contributed by atoms with E-state index in [0.717, 1.165) is 36.0 Å². The van der Waals surface area contributed by atoms with Crippen LogP contribution in [0.1, 0.15) is 30.9 Å². The lowest BCUT2D eigenvalue weighted by molar-refractivity contribution is 0.436. The Morgan fingerprint density at radius 1 is 1.44 bits per heavy atom. The van der Waals surface area contributed by atoms with Gasteiger partial charge in [-0.15, -0.1) is 0 Å². The summed E-state index contributed by atoms with van der Waals surface area (Å²) in [5.74, 6) is 1.67. The van der Waals surface area contributed by atoms with Gasteiger partial charge in [-0.3, -0.25) is 0 Å². The highest BCUT2D eigenvalue weighted by Crippen LogP contribution is 2.25. The number of anilines is 1. The van der Waals surface area contributed by atoms with E-state index in [2.05, 4.69) is 22.9 Å². The fourth-order valence-corrected chi connectivity index (χ4v) is 2.14. The number of nitriles is 1. The van der Waals surface area contributed by atoms with Crippen molar-refractivity contribution in [3.8, 4) is 6.07 Å². The number of rotatable bonds is 1. The van der Waals surface area contributed by atoms with Crippen LogP contribution in [-0.2, 0) is 0 Å². The molecule has 2 heterocycles. The van der Waals surface area contributed by atoms with Gasteiger partial charge in [-0.25, -0.2) is 4.98 Å². The second-order valence-electron chi connectivity index (χ2n) is 4.61. The van der Waals surface area contributed by atoms with Gasteiger partial charge in [-0.1, -0.05) is 6.92 Å². The van der Waals surface area contributed by atoms with E-state index in [1.807, 2.05) is 13.0 Å². The zero-order chi connectivity index (χ0) is 11.5. The lowest BCUT2D eigenvalue weighted by atomic mass is 9.98. The second kappa shape index (κ2) is 4.52. The van der Waals surface area contributed by atoms with E-state index in [4.69, 9.17) is 5.26 Å². The number of nitrogens with zero attached hydrogens (tertiary/aromatic N) is 3. The zero-order valence-corrected chi connectivity index (χ0v) is 9.90. The normalized spacial score (nSPS) is 17.2. The Kier molecular flexibility index (Phi) is 3.09. The average molecular weight is 215 g/mol. The summed E-state index contributed by atoms with van der Waals surface area (Å²) in [7, 11) is 0. The fourth-order valence-electron chi connectivity index (χ4n) is 2.14. The van der Waals surface area contributed by atoms with Gasteiger partial charge in [0.2, 0.25) is 0 Å². The standard InChI is InChI=1S/C13H17N3/c1-10-4-7-16(8-5-10)13-12(9-14)11(2)3-6-15-13/h3,6,10H,4-5,7-8H2,1-2H3. The maximum atomic E-state index is 9.17. The molecular weight excluding hydrogens is 198 g/mol. The average Bonchev–Trinajstić information content (AvgIpc) is 2.30. The molecule has 0 amide bonds. The van der Waals surface area contributed by atoms with Crippen LogP contribution in [-0.4, -0.2) is 18.1 Å². The van der Waals surface area contributed by atoms with E-state index in [-0.39, 0.29) is 0 Å². The van der Waals surface area contributed by atoms with Gasteiger partial charge in [0.15, 0.2) is 0 Å². The number of pyridine rings is 1. The molecule has 1 aliphatic rings. The van der Waals surface area contributed by atoms with E-state index in [0.29, 0.717) is 0 Å². The van der Waals surface area contributed by atoms with Crippen molar-refractivity contribution in [2.45, 2.75) is 26.7 Å². The summed E-state index contributed by atoms with van der Waals surface area (Å²) in [5, 5.41) is 9.17. The highest BCUT2D eigenvalue weighted by Gasteiger charge is 2.19. The van der Waals surface area contributed by atoms with Gasteiger partial charge in [0.1, 0.15) is 11.9 Å². The molecule has 3 heteroatoms. The number of hydrogen-bond acceptors (Lipinski definition) is 3. The smallest absolute Gasteiger partial charge is 0.146 e. The summed E-state index contributed by atoms with van der Waals surface area (Å²) >= 11 is 0. The third kappa shape index (κ3) is 2.01. The van der Waals surface area contributed by atoms with Crippen molar-refractivity contribution in [1.82, 2.24) is 4.98 Å². The molecule has 0 aliphatic carbocycles. The van der Waals surface area contributed by atoms with Gasteiger partial charge in [0.05, 0.1) is 5.56 Å². The summed E-state index contributed by atoms with van der Waals surface area (Å²) in [6.45, 7) is 6.29. The summed E-state index contributed by atoms with van der Waals surface area (Å²) < 4.78 is 0. The van der Waals surface area contributed by atoms with E-state index in [1.165, 1.54) is 12.8 Å². The lowest BCUT2D eigenvalue weighted by Crippen LogP contribution is -2.34. The van der Waals surface area contributed by atoms with Crippen LogP contribution in [0.5, 0.6) is 0 Å². The molecule has 0 atom stereocenters. The SMILES string of the molecule is Cc1ccnc(N2CCC(C)CC2)c1C#N. The molecule has 0 aromatic carbocycles. The zero-order valence-electron chi connectivity index (χ0n) is 9.90. The molecule has 1 aromatic heterocycles. The maximum Gasteiger partial charge on any atom is 0.146 e. The summed E-state index contributed by atoms with van der Waals surface area (Å²) in [6, 6.07) is 4.17. The van der Waals surface area contributed by atoms with Crippen LogP contribution in [0.4, 0.5) is 5.82 Å². The van der Waals surface area contributed by atoms with Crippen molar-refractivity contribution in [3.05, 3.63) is 23.4 Å². The third-order valence-electron chi connectivity index (χ3n) is 3.33. The van der Waals surface area contributed by atoms with Gasteiger partial charge in [0.25, 0.3) is 0 Å². The van der Waals surface area contributed by atoms with E-state index in [9.17, 15) is 0 Å². The molecule has 0 radical (unpaired) electrons. The first-order valence-corrected chi connectivity index (χ1v) is 5.83. The fraction of sp³-hybridized carbons (Fsp3) is 0.538. The highest BCUT2D eigenvalue weighted by molar-refractivity contribution is 5.57. The Hall–Kier alpha value is -1.56. The molecular formula is C13H17N3. The molecule has 0 N–H and O–H groups in total. The quantitative estimate of drug-likeness (QED) is 0.722. The molecule has 16 heavy (non-hydrogen) atoms. The van der Waals surface area contributed by atoms with Crippen LogP contribution in [0.3, 0.4) is 0 Å². The largest absolute Gasteiger partial charge is 0.355 e. The van der Waals surface area contributed by atoms with Crippen LogP contribution in [0.15, 0.2) is 12.3 Å². The Bertz CT molecular complexity index is 412. The molecule has 0 saturated carbocycles. The van der Waals surface area contributed by atoms with Gasteiger partial charge in [0, 0.05) is 19.3 Å². The number of aryl methyl sites for hydroxylation is 1. The van der Waals surface area contributed by atoms with Crippen molar-refractivity contribution in [1.29, 1.82) is 5.26 Å². The molecule has 1 aromatic rings. The van der Waals surface area contributed by atoms with Crippen molar-refractivity contribution in [2.75, 3.05) is 18.0 Å². The molecule has 1 fully saturated rings. The molecule has 2 rings (SSSR count). The number of aromatic nitrogens is 1. The van der Waals surface area contributed by atoms with Crippen molar-refractivity contribution in [2.24, 2.45) is 5.92 Å². The predicted octanol–water partition coefficient (Wildman–Crippen LogP) is 2.50. The molecule has 0 unspecified atom stereocenters. The Labute approximate surface area is 96.7 Å². The number of piperidine rings is 1. The topological polar surface area (TPSA) is 39.9 Å². The van der Waals surface area contributed by atoms with Gasteiger partial charge < -0.3 is 4.90 Å². The first kappa shape index (κ1) is 10.9. The predicted molar refractivity (Wildman–Crippen MR) is 64.3 cm³/mol. The molecule has 1 saturated heterocycles. The molecule has 0 spiro atoms. The maximum absolute atomic E-state index is 9.17. The van der Waals surface area contributed by atoms with Gasteiger partial charge in [-0.2, -0.15) is 5.26 Å². The lowest BCUT2D eigenvalue weighted by Gasteiger charge is -2.31. The summed E-state index contributed by atoms with van der Waals surface area (Å²) in [5.41, 5.74) is 1.75. The minimum absolute atomic E-state index is 0.733. The van der Waals surface area contributed by atoms with Gasteiger partial charge >= 0.3 is 0 Å². The minimum atomic E-state index is 0.733. The molecule has 1 aliphatic heterocycles. The second-order valence-corrected chi connectivity index (χ2v) is 4.61. The summed E-state index contributed by atoms with van der Waals surface area (Å²) in [4.78, 5) is 6.60. The Morgan fingerprint density at radius 2 is 2.12 bits per heavy atom. The Balaban J connectivity index is 2.27. The summed E-state index contributed by atoms with van der Waals surface area (Å²) in [6.07, 6.45) is 4.19. The number of hydrogen-bond donors (Lipinski definition) is 0. The first-order valence-electron chi connectivity index (χ1n) is 5.83. The van der Waals surface area contributed by atoms with Crippen LogP contribution in [0, 0.1) is 24.2 Å². The van der Waals surface area contributed by atoms with Crippen LogP contribution in [0.2, 0.25) is 0 Å². The van der Waals surface area contributed by atoms with E-state index >= 15 is 0 Å². The van der Waals surface area contributed by atoms with Crippen molar-refractivity contribution < 1.29 is 0 Å². The molecule has 0 bridgehead atoms. The molecule has 84 valence electrons. The minimum Gasteiger partial charge on any atom is -0.355 e. The Morgan fingerprint density at radius 3 is 2.75 bits per heavy atom. The van der Waals surface area contributed by atoms with Crippen molar-refractivity contribution >= 4 is 5.82 Å². The van der Waals surface area contributed by atoms with Crippen LogP contribution < -0.4 is 4.90 Å². The van der Waals surface area contributed by atoms with Crippen LogP contribution >= 0.6 is 0 Å². The molecule has 3 nitrogen and oxygen atoms in total. The van der Waals surface area contributed by atoms with Crippen molar-refractivity contribution in [3.63, 3.8) is 0 Å². The first-order chi connectivity index (χ1) is 7.72. The highest BCUT2D eigenvalue weighted by atomic mass is 15.2. The van der Waals surface area contributed by atoms with Crippen LogP contribution in [0.25, 0.3) is 0 Å².